The van der Waals surface area contributed by atoms with Crippen molar-refractivity contribution in [1.82, 2.24) is 25.8 Å². The van der Waals surface area contributed by atoms with Crippen molar-refractivity contribution in [3.05, 3.63) is 12.2 Å². The number of aryl methyl sites for hydroxylation is 1. The number of urea groups is 1. The fraction of sp³-hybridized carbons (Fsp3) is 0.500. The number of carbonyl (C=O) groups is 3. The van der Waals surface area contributed by atoms with Crippen LogP contribution in [0, 0.1) is 0 Å². The van der Waals surface area contributed by atoms with Gasteiger partial charge in [-0.15, -0.1) is 0 Å². The Morgan fingerprint density at radius 2 is 2.10 bits per heavy atom. The molecule has 0 aliphatic rings. The first-order valence-electron chi connectivity index (χ1n) is 5.82. The van der Waals surface area contributed by atoms with Crippen LogP contribution in [-0.2, 0) is 16.0 Å². The van der Waals surface area contributed by atoms with Crippen LogP contribution in [0.1, 0.15) is 18.7 Å². The molecule has 20 heavy (non-hydrogen) atoms. The number of carbonyl (C=O) groups excluding carboxylic acids is 1. The number of aromatic nitrogens is 3. The van der Waals surface area contributed by atoms with Crippen molar-refractivity contribution in [3.63, 3.8) is 0 Å². The van der Waals surface area contributed by atoms with Gasteiger partial charge < -0.3 is 20.8 Å². The van der Waals surface area contributed by atoms with Gasteiger partial charge in [-0.2, -0.15) is 5.10 Å². The van der Waals surface area contributed by atoms with E-state index in [-0.39, 0.29) is 0 Å². The lowest BCUT2D eigenvalue weighted by molar-refractivity contribution is -0.145. The van der Waals surface area contributed by atoms with Crippen LogP contribution in [0.2, 0.25) is 0 Å². The second-order valence-corrected chi connectivity index (χ2v) is 3.92. The smallest absolute Gasteiger partial charge is 0.326 e. The summed E-state index contributed by atoms with van der Waals surface area (Å²) in [7, 11) is 0. The molecule has 0 fully saturated rings. The summed E-state index contributed by atoms with van der Waals surface area (Å²) < 4.78 is 0. The molecule has 0 aromatic carbocycles. The third-order valence-corrected chi connectivity index (χ3v) is 2.32. The predicted octanol–water partition coefficient (Wildman–Crippen LogP) is -1.04. The summed E-state index contributed by atoms with van der Waals surface area (Å²) in [5.41, 5.74) is 0. The van der Waals surface area contributed by atoms with Crippen LogP contribution in [-0.4, -0.2) is 56.0 Å². The van der Waals surface area contributed by atoms with Gasteiger partial charge in [0.2, 0.25) is 0 Å². The van der Waals surface area contributed by atoms with E-state index in [2.05, 4.69) is 25.8 Å². The molecule has 1 aromatic heterocycles. The summed E-state index contributed by atoms with van der Waals surface area (Å²) in [6.45, 7) is 0.298. The van der Waals surface area contributed by atoms with E-state index in [0.717, 1.165) is 0 Å². The third-order valence-electron chi connectivity index (χ3n) is 2.32. The van der Waals surface area contributed by atoms with E-state index in [1.54, 1.807) is 0 Å². The topological polar surface area (TPSA) is 157 Å². The molecule has 10 nitrogen and oxygen atoms in total. The SMILES string of the molecule is O=C(O)CC(NC(=O)NCCCc1ncn[nH]1)C(=O)O. The molecule has 1 unspecified atom stereocenters. The summed E-state index contributed by atoms with van der Waals surface area (Å²) in [6, 6.07) is -2.18. The average molecular weight is 285 g/mol. The average Bonchev–Trinajstić information content (AvgIpc) is 2.86. The van der Waals surface area contributed by atoms with Crippen molar-refractivity contribution in [3.8, 4) is 0 Å². The summed E-state index contributed by atoms with van der Waals surface area (Å²) >= 11 is 0. The largest absolute Gasteiger partial charge is 0.481 e. The number of nitrogens with zero attached hydrogens (tertiary/aromatic N) is 2. The lowest BCUT2D eigenvalue weighted by atomic mass is 10.2. The number of H-pyrrole nitrogens is 1. The number of hydrogen-bond donors (Lipinski definition) is 5. The van der Waals surface area contributed by atoms with Crippen LogP contribution >= 0.6 is 0 Å². The number of rotatable bonds is 8. The highest BCUT2D eigenvalue weighted by Gasteiger charge is 2.22. The molecule has 0 spiro atoms. The Morgan fingerprint density at radius 3 is 2.65 bits per heavy atom. The lowest BCUT2D eigenvalue weighted by Crippen LogP contribution is -2.47. The highest BCUT2D eigenvalue weighted by Crippen LogP contribution is 1.94. The summed E-state index contributed by atoms with van der Waals surface area (Å²) in [5, 5.41) is 28.1. The molecular formula is C10H15N5O5. The molecule has 110 valence electrons. The van der Waals surface area contributed by atoms with Crippen LogP contribution in [0.4, 0.5) is 4.79 Å². The highest BCUT2D eigenvalue weighted by atomic mass is 16.4. The Hall–Kier alpha value is -2.65. The number of nitrogens with one attached hydrogen (secondary N) is 3. The Morgan fingerprint density at radius 1 is 1.35 bits per heavy atom. The number of amides is 2. The number of hydrogen-bond acceptors (Lipinski definition) is 5. The Labute approximate surface area is 113 Å². The van der Waals surface area contributed by atoms with Crippen molar-refractivity contribution < 1.29 is 24.6 Å². The molecule has 1 aromatic rings. The van der Waals surface area contributed by atoms with E-state index >= 15 is 0 Å². The molecule has 10 heteroatoms. The monoisotopic (exact) mass is 285 g/mol. The van der Waals surface area contributed by atoms with Crippen molar-refractivity contribution >= 4 is 18.0 Å². The second-order valence-electron chi connectivity index (χ2n) is 3.92. The minimum atomic E-state index is -1.46. The zero-order valence-electron chi connectivity index (χ0n) is 10.5. The Kier molecular flexibility index (Phi) is 5.94. The first-order valence-corrected chi connectivity index (χ1v) is 5.82. The molecular weight excluding hydrogens is 270 g/mol. The number of carboxylic acids is 2. The van der Waals surface area contributed by atoms with E-state index in [1.807, 2.05) is 0 Å². The van der Waals surface area contributed by atoms with Gasteiger partial charge in [-0.25, -0.2) is 14.6 Å². The maximum atomic E-state index is 11.4. The summed E-state index contributed by atoms with van der Waals surface area (Å²) in [4.78, 5) is 36.5. The Balaban J connectivity index is 2.24. The van der Waals surface area contributed by atoms with Crippen LogP contribution in [0.3, 0.4) is 0 Å². The Bertz CT molecular complexity index is 461. The number of aromatic amines is 1. The van der Waals surface area contributed by atoms with Gasteiger partial charge in [0.1, 0.15) is 18.2 Å². The van der Waals surface area contributed by atoms with Crippen molar-refractivity contribution in [2.75, 3.05) is 6.54 Å². The molecule has 0 aliphatic carbocycles. The molecule has 2 amide bonds. The molecule has 1 atom stereocenters. The molecule has 1 rings (SSSR count). The normalized spacial score (nSPS) is 11.6. The highest BCUT2D eigenvalue weighted by molar-refractivity contribution is 5.86. The van der Waals surface area contributed by atoms with Crippen LogP contribution in [0.25, 0.3) is 0 Å². The van der Waals surface area contributed by atoms with E-state index < -0.39 is 30.4 Å². The summed E-state index contributed by atoms with van der Waals surface area (Å²) in [6.07, 6.45) is 1.86. The zero-order chi connectivity index (χ0) is 15.0. The maximum Gasteiger partial charge on any atom is 0.326 e. The molecule has 0 radical (unpaired) electrons. The molecule has 0 saturated heterocycles. The van der Waals surface area contributed by atoms with Crippen LogP contribution in [0.5, 0.6) is 0 Å². The van der Waals surface area contributed by atoms with Gasteiger partial charge in [0.15, 0.2) is 0 Å². The lowest BCUT2D eigenvalue weighted by Gasteiger charge is -2.13. The molecule has 1 heterocycles. The summed E-state index contributed by atoms with van der Waals surface area (Å²) in [5.74, 6) is -2.02. The van der Waals surface area contributed by atoms with Crippen molar-refractivity contribution in [1.29, 1.82) is 0 Å². The van der Waals surface area contributed by atoms with Gasteiger partial charge in [0.05, 0.1) is 6.42 Å². The molecule has 5 N–H and O–H groups in total. The maximum absolute atomic E-state index is 11.4. The quantitative estimate of drug-likeness (QED) is 0.382. The second kappa shape index (κ2) is 7.71. The fourth-order valence-corrected chi connectivity index (χ4v) is 1.39. The van der Waals surface area contributed by atoms with Gasteiger partial charge >= 0.3 is 18.0 Å². The number of carboxylic acid groups (broad SMARTS) is 2. The van der Waals surface area contributed by atoms with Gasteiger partial charge in [0.25, 0.3) is 0 Å². The minimum absolute atomic E-state index is 0.298. The molecule has 0 aliphatic heterocycles. The first kappa shape index (κ1) is 15.4. The van der Waals surface area contributed by atoms with E-state index in [4.69, 9.17) is 10.2 Å². The van der Waals surface area contributed by atoms with E-state index in [0.29, 0.717) is 25.2 Å². The first-order chi connectivity index (χ1) is 9.49. The molecule has 0 saturated carbocycles. The number of aliphatic carboxylic acids is 2. The molecule has 0 bridgehead atoms. The minimum Gasteiger partial charge on any atom is -0.481 e. The predicted molar refractivity (Wildman–Crippen MR) is 64.9 cm³/mol. The van der Waals surface area contributed by atoms with Gasteiger partial charge in [-0.05, 0) is 6.42 Å². The zero-order valence-corrected chi connectivity index (χ0v) is 10.5. The van der Waals surface area contributed by atoms with Crippen molar-refractivity contribution in [2.45, 2.75) is 25.3 Å². The van der Waals surface area contributed by atoms with Crippen LogP contribution < -0.4 is 10.6 Å². The standard InChI is InChI=1S/C10H15N5O5/c16-8(17)4-6(9(18)19)14-10(20)11-3-1-2-7-12-5-13-15-7/h5-6H,1-4H2,(H,16,17)(H,18,19)(H2,11,14,20)(H,12,13,15). The van der Waals surface area contributed by atoms with Gasteiger partial charge in [-0.3, -0.25) is 9.89 Å². The third kappa shape index (κ3) is 5.80. The fourth-order valence-electron chi connectivity index (χ4n) is 1.39. The van der Waals surface area contributed by atoms with Gasteiger partial charge in [-0.1, -0.05) is 0 Å². The van der Waals surface area contributed by atoms with E-state index in [9.17, 15) is 14.4 Å². The van der Waals surface area contributed by atoms with Gasteiger partial charge in [0, 0.05) is 13.0 Å². The van der Waals surface area contributed by atoms with E-state index in [1.165, 1.54) is 6.33 Å². The van der Waals surface area contributed by atoms with Crippen LogP contribution in [0.15, 0.2) is 6.33 Å². The van der Waals surface area contributed by atoms with Crippen molar-refractivity contribution in [2.24, 2.45) is 0 Å².